The maximum absolute atomic E-state index is 4.62. The normalized spacial score (nSPS) is 18.9. The summed E-state index contributed by atoms with van der Waals surface area (Å²) in [6.07, 6.45) is 3.51. The second-order valence-electron chi connectivity index (χ2n) is 4.94. The van der Waals surface area contributed by atoms with Gasteiger partial charge in [-0.1, -0.05) is 38.5 Å². The maximum atomic E-state index is 4.62. The quantitative estimate of drug-likeness (QED) is 0.873. The van der Waals surface area contributed by atoms with Crippen LogP contribution in [0.2, 0.25) is 0 Å². The van der Waals surface area contributed by atoms with Crippen LogP contribution in [0.1, 0.15) is 37.4 Å². The highest BCUT2D eigenvalue weighted by molar-refractivity contribution is 8.14. The van der Waals surface area contributed by atoms with Gasteiger partial charge in [0.1, 0.15) is 0 Å². The first-order chi connectivity index (χ1) is 9.22. The van der Waals surface area contributed by atoms with Crippen molar-refractivity contribution in [3.05, 3.63) is 16.1 Å². The Morgan fingerprint density at radius 2 is 2.21 bits per heavy atom. The fourth-order valence-electron chi connectivity index (χ4n) is 2.34. The van der Waals surface area contributed by atoms with Crippen LogP contribution in [-0.2, 0) is 6.42 Å². The van der Waals surface area contributed by atoms with E-state index in [-0.39, 0.29) is 0 Å². The molecule has 1 aromatic heterocycles. The lowest BCUT2D eigenvalue weighted by Gasteiger charge is -2.18. The molecule has 19 heavy (non-hydrogen) atoms. The third-order valence-electron chi connectivity index (χ3n) is 3.53. The molecule has 0 fully saturated rings. The first-order valence-corrected chi connectivity index (χ1v) is 8.84. The number of aryl methyl sites for hydroxylation is 1. The zero-order chi connectivity index (χ0) is 13.7. The SMILES string of the molecule is CCC(CC)C1CN=C(NCCc2nc(C)cs2)S1. The first-order valence-electron chi connectivity index (χ1n) is 7.08. The number of hydrogen-bond acceptors (Lipinski definition) is 5. The highest BCUT2D eigenvalue weighted by Gasteiger charge is 2.25. The summed E-state index contributed by atoms with van der Waals surface area (Å²) in [5.41, 5.74) is 1.13. The molecule has 106 valence electrons. The fourth-order valence-corrected chi connectivity index (χ4v) is 4.47. The van der Waals surface area contributed by atoms with Gasteiger partial charge in [0.2, 0.25) is 0 Å². The summed E-state index contributed by atoms with van der Waals surface area (Å²) >= 11 is 3.68. The van der Waals surface area contributed by atoms with Gasteiger partial charge in [0.05, 0.1) is 11.6 Å². The van der Waals surface area contributed by atoms with Crippen LogP contribution in [0.3, 0.4) is 0 Å². The van der Waals surface area contributed by atoms with E-state index >= 15 is 0 Å². The van der Waals surface area contributed by atoms with Gasteiger partial charge in [-0.3, -0.25) is 4.99 Å². The van der Waals surface area contributed by atoms with Crippen molar-refractivity contribution in [2.45, 2.75) is 45.3 Å². The van der Waals surface area contributed by atoms with Crippen LogP contribution in [0.5, 0.6) is 0 Å². The van der Waals surface area contributed by atoms with E-state index in [1.54, 1.807) is 11.3 Å². The molecule has 1 atom stereocenters. The molecule has 0 aliphatic carbocycles. The molecule has 1 N–H and O–H groups in total. The van der Waals surface area contributed by atoms with Crippen LogP contribution in [-0.4, -0.2) is 28.5 Å². The molecular weight excluding hydrogens is 274 g/mol. The topological polar surface area (TPSA) is 37.3 Å². The smallest absolute Gasteiger partial charge is 0.156 e. The molecular formula is C14H23N3S2. The average Bonchev–Trinajstić information content (AvgIpc) is 3.01. The first kappa shape index (κ1) is 14.9. The molecule has 5 heteroatoms. The van der Waals surface area contributed by atoms with E-state index in [9.17, 15) is 0 Å². The predicted octanol–water partition coefficient (Wildman–Crippen LogP) is 3.49. The minimum absolute atomic E-state index is 0.680. The lowest BCUT2D eigenvalue weighted by molar-refractivity contribution is 0.479. The number of thioether (sulfide) groups is 1. The minimum atomic E-state index is 0.680. The molecule has 1 unspecified atom stereocenters. The number of nitrogens with one attached hydrogen (secondary N) is 1. The lowest BCUT2D eigenvalue weighted by atomic mass is 9.99. The number of nitrogens with zero attached hydrogens (tertiary/aromatic N) is 2. The Labute approximate surface area is 124 Å². The van der Waals surface area contributed by atoms with E-state index in [1.165, 1.54) is 17.8 Å². The second kappa shape index (κ2) is 7.29. The Bertz CT molecular complexity index is 424. The second-order valence-corrected chi connectivity index (χ2v) is 7.11. The Morgan fingerprint density at radius 3 is 2.84 bits per heavy atom. The van der Waals surface area contributed by atoms with Gasteiger partial charge >= 0.3 is 0 Å². The van der Waals surface area contributed by atoms with Crippen molar-refractivity contribution in [1.29, 1.82) is 0 Å². The minimum Gasteiger partial charge on any atom is -0.364 e. The van der Waals surface area contributed by atoms with Crippen LogP contribution in [0.25, 0.3) is 0 Å². The highest BCUT2D eigenvalue weighted by Crippen LogP contribution is 2.30. The molecule has 0 amide bonds. The number of hydrogen-bond donors (Lipinski definition) is 1. The summed E-state index contributed by atoms with van der Waals surface area (Å²) in [5.74, 6) is 0.801. The van der Waals surface area contributed by atoms with Gasteiger partial charge in [-0.15, -0.1) is 11.3 Å². The van der Waals surface area contributed by atoms with E-state index in [2.05, 4.69) is 34.5 Å². The summed E-state index contributed by atoms with van der Waals surface area (Å²) in [5, 5.41) is 8.59. The van der Waals surface area contributed by atoms with E-state index in [4.69, 9.17) is 0 Å². The monoisotopic (exact) mass is 297 g/mol. The standard InChI is InChI=1S/C14H23N3S2/c1-4-11(5-2)12-8-16-14(19-12)15-7-6-13-17-10(3)9-18-13/h9,11-12H,4-8H2,1-3H3,(H,15,16). The van der Waals surface area contributed by atoms with Gasteiger partial charge in [0, 0.05) is 29.3 Å². The summed E-state index contributed by atoms with van der Waals surface area (Å²) in [6.45, 7) is 8.53. The maximum Gasteiger partial charge on any atom is 0.156 e. The summed E-state index contributed by atoms with van der Waals surface area (Å²) < 4.78 is 0. The van der Waals surface area contributed by atoms with Gasteiger partial charge in [0.25, 0.3) is 0 Å². The fraction of sp³-hybridized carbons (Fsp3) is 0.714. The number of thiazole rings is 1. The van der Waals surface area contributed by atoms with Crippen LogP contribution in [0.15, 0.2) is 10.4 Å². The van der Waals surface area contributed by atoms with Crippen LogP contribution >= 0.6 is 23.1 Å². The molecule has 0 saturated carbocycles. The molecule has 0 spiro atoms. The van der Waals surface area contributed by atoms with Gasteiger partial charge in [0.15, 0.2) is 5.17 Å². The van der Waals surface area contributed by atoms with E-state index in [1.807, 2.05) is 18.7 Å². The number of amidine groups is 1. The van der Waals surface area contributed by atoms with Gasteiger partial charge in [-0.25, -0.2) is 4.98 Å². The molecule has 0 aromatic carbocycles. The van der Waals surface area contributed by atoms with Crippen molar-refractivity contribution in [1.82, 2.24) is 10.3 Å². The predicted molar refractivity (Wildman–Crippen MR) is 86.3 cm³/mol. The highest BCUT2D eigenvalue weighted by atomic mass is 32.2. The molecule has 2 rings (SSSR count). The summed E-state index contributed by atoms with van der Waals surface area (Å²) in [6, 6.07) is 0. The summed E-state index contributed by atoms with van der Waals surface area (Å²) in [7, 11) is 0. The third-order valence-corrected chi connectivity index (χ3v) is 5.89. The van der Waals surface area contributed by atoms with Gasteiger partial charge < -0.3 is 5.32 Å². The summed E-state index contributed by atoms with van der Waals surface area (Å²) in [4.78, 5) is 9.10. The zero-order valence-corrected chi connectivity index (χ0v) is 13.6. The number of rotatable bonds is 6. The van der Waals surface area contributed by atoms with Crippen LogP contribution < -0.4 is 5.32 Å². The van der Waals surface area contributed by atoms with Crippen molar-refractivity contribution in [3.8, 4) is 0 Å². The molecule has 1 aliphatic heterocycles. The third kappa shape index (κ3) is 4.21. The van der Waals surface area contributed by atoms with Crippen molar-refractivity contribution in [3.63, 3.8) is 0 Å². The lowest BCUT2D eigenvalue weighted by Crippen LogP contribution is -2.23. The molecule has 0 saturated heterocycles. The molecule has 2 heterocycles. The van der Waals surface area contributed by atoms with Crippen molar-refractivity contribution >= 4 is 28.3 Å². The number of aliphatic imine (C=N–C) groups is 1. The number of aromatic nitrogens is 1. The zero-order valence-electron chi connectivity index (χ0n) is 12.0. The molecule has 0 bridgehead atoms. The van der Waals surface area contributed by atoms with E-state index in [0.29, 0.717) is 5.25 Å². The Kier molecular flexibility index (Phi) is 5.70. The molecule has 1 aromatic rings. The molecule has 1 aliphatic rings. The van der Waals surface area contributed by atoms with Gasteiger partial charge in [-0.05, 0) is 12.8 Å². The van der Waals surface area contributed by atoms with Crippen molar-refractivity contribution in [2.75, 3.05) is 13.1 Å². The largest absolute Gasteiger partial charge is 0.364 e. The average molecular weight is 297 g/mol. The van der Waals surface area contributed by atoms with Crippen LogP contribution in [0.4, 0.5) is 0 Å². The molecule has 3 nitrogen and oxygen atoms in total. The Morgan fingerprint density at radius 1 is 1.42 bits per heavy atom. The Balaban J connectivity index is 1.70. The van der Waals surface area contributed by atoms with E-state index in [0.717, 1.165) is 36.3 Å². The molecule has 0 radical (unpaired) electrons. The van der Waals surface area contributed by atoms with Gasteiger partial charge in [-0.2, -0.15) is 0 Å². The van der Waals surface area contributed by atoms with Crippen LogP contribution in [0, 0.1) is 12.8 Å². The Hall–Kier alpha value is -0.550. The van der Waals surface area contributed by atoms with Crippen molar-refractivity contribution < 1.29 is 0 Å². The van der Waals surface area contributed by atoms with E-state index < -0.39 is 0 Å². The van der Waals surface area contributed by atoms with Crippen molar-refractivity contribution in [2.24, 2.45) is 10.9 Å².